The van der Waals surface area contributed by atoms with Gasteiger partial charge in [0.2, 0.25) is 5.91 Å². The first kappa shape index (κ1) is 29.5. The largest absolute Gasteiger partial charge is 0.497 e. The number of methoxy groups -OCH3 is 2. The second-order valence-corrected chi connectivity index (χ2v) is 8.62. The molecule has 1 aliphatic heterocycles. The van der Waals surface area contributed by atoms with Crippen molar-refractivity contribution in [3.8, 4) is 11.5 Å². The number of benzene rings is 2. The van der Waals surface area contributed by atoms with Crippen LogP contribution < -0.4 is 14.8 Å². The number of hydrogen-bond donors (Lipinski definition) is 2. The van der Waals surface area contributed by atoms with Crippen molar-refractivity contribution in [2.75, 3.05) is 27.4 Å². The van der Waals surface area contributed by atoms with E-state index in [2.05, 4.69) is 23.6 Å². The highest BCUT2D eigenvalue weighted by Crippen LogP contribution is 2.27. The van der Waals surface area contributed by atoms with E-state index in [4.69, 9.17) is 29.2 Å². The van der Waals surface area contributed by atoms with Gasteiger partial charge in [-0.15, -0.1) is 0 Å². The van der Waals surface area contributed by atoms with Crippen molar-refractivity contribution in [3.05, 3.63) is 77.1 Å². The fraction of sp³-hybridized carbons (Fsp3) is 0.370. The number of amides is 1. The first-order valence-corrected chi connectivity index (χ1v) is 12.1. The highest BCUT2D eigenvalue weighted by Gasteiger charge is 2.38. The molecule has 0 radical (unpaired) electrons. The van der Waals surface area contributed by atoms with E-state index in [1.54, 1.807) is 14.2 Å². The number of aryl methyl sites for hydroxylation is 1. The van der Waals surface area contributed by atoms with E-state index in [9.17, 15) is 18.0 Å². The van der Waals surface area contributed by atoms with Gasteiger partial charge in [-0.1, -0.05) is 36.4 Å². The van der Waals surface area contributed by atoms with Crippen molar-refractivity contribution >= 4 is 11.9 Å². The van der Waals surface area contributed by atoms with E-state index in [-0.39, 0.29) is 12.0 Å². The molecule has 0 saturated heterocycles. The maximum absolute atomic E-state index is 12.5. The number of nitrogens with zero attached hydrogens (tertiary/aromatic N) is 2. The lowest BCUT2D eigenvalue weighted by atomic mass is 10.1. The second-order valence-electron chi connectivity index (χ2n) is 8.62. The summed E-state index contributed by atoms with van der Waals surface area (Å²) >= 11 is 0. The Labute approximate surface area is 223 Å². The third kappa shape index (κ3) is 8.74. The van der Waals surface area contributed by atoms with Crippen LogP contribution in [0.2, 0.25) is 0 Å². The van der Waals surface area contributed by atoms with Gasteiger partial charge in [-0.2, -0.15) is 18.3 Å². The summed E-state index contributed by atoms with van der Waals surface area (Å²) in [6, 6.07) is 15.9. The number of halogens is 3. The molecule has 1 unspecified atom stereocenters. The fourth-order valence-corrected chi connectivity index (χ4v) is 3.94. The topological polar surface area (TPSA) is 112 Å². The minimum atomic E-state index is -5.08. The molecule has 2 heterocycles. The summed E-state index contributed by atoms with van der Waals surface area (Å²) in [6.45, 7) is 1.76. The van der Waals surface area contributed by atoms with Crippen molar-refractivity contribution in [2.24, 2.45) is 0 Å². The number of ether oxygens (including phenoxy) is 3. The molecule has 12 heteroatoms. The Bertz CT molecular complexity index is 1250. The van der Waals surface area contributed by atoms with Gasteiger partial charge >= 0.3 is 12.1 Å². The minimum absolute atomic E-state index is 0.0256. The maximum atomic E-state index is 12.5. The van der Waals surface area contributed by atoms with Gasteiger partial charge in [0, 0.05) is 25.2 Å². The Balaban J connectivity index is 0.000000532. The third-order valence-electron chi connectivity index (χ3n) is 5.90. The summed E-state index contributed by atoms with van der Waals surface area (Å²) in [5.74, 6) is -1.33. The van der Waals surface area contributed by atoms with E-state index in [0.717, 1.165) is 35.7 Å². The summed E-state index contributed by atoms with van der Waals surface area (Å²) < 4.78 is 50.3. The molecule has 1 aliphatic rings. The van der Waals surface area contributed by atoms with Crippen LogP contribution in [-0.2, 0) is 33.7 Å². The molecule has 0 bridgehead atoms. The van der Waals surface area contributed by atoms with Gasteiger partial charge in [-0.05, 0) is 35.6 Å². The Hall–Kier alpha value is -4.06. The fourth-order valence-electron chi connectivity index (χ4n) is 3.94. The SMILES string of the molecule is COc1ccc(CCC(=O)NCC2OCCc3cn(Cc4ccccc4)nc32)c(OC)c1.O=C(O)C(F)(F)F. The van der Waals surface area contributed by atoms with E-state index < -0.39 is 12.1 Å². The van der Waals surface area contributed by atoms with E-state index in [1.165, 1.54) is 11.1 Å². The number of rotatable bonds is 9. The number of carboxylic acid groups (broad SMARTS) is 1. The molecule has 1 atom stereocenters. The molecule has 0 aliphatic carbocycles. The Morgan fingerprint density at radius 3 is 2.51 bits per heavy atom. The van der Waals surface area contributed by atoms with E-state index in [0.29, 0.717) is 26.0 Å². The highest BCUT2D eigenvalue weighted by atomic mass is 19.4. The summed E-state index contributed by atoms with van der Waals surface area (Å²) in [6.07, 6.45) is -1.43. The maximum Gasteiger partial charge on any atom is 0.490 e. The molecular weight excluding hydrogens is 519 g/mol. The van der Waals surface area contributed by atoms with Crippen LogP contribution in [0.3, 0.4) is 0 Å². The number of alkyl halides is 3. The minimum Gasteiger partial charge on any atom is -0.497 e. The molecule has 1 aromatic heterocycles. The molecule has 0 saturated carbocycles. The van der Waals surface area contributed by atoms with Crippen LogP contribution in [-0.4, -0.2) is 60.3 Å². The van der Waals surface area contributed by atoms with Gasteiger partial charge in [-0.25, -0.2) is 4.79 Å². The van der Waals surface area contributed by atoms with Crippen LogP contribution in [0, 0.1) is 0 Å². The monoisotopic (exact) mass is 549 g/mol. The number of carbonyl (C=O) groups excluding carboxylic acids is 1. The number of carbonyl (C=O) groups is 2. The Morgan fingerprint density at radius 1 is 1.15 bits per heavy atom. The van der Waals surface area contributed by atoms with Gasteiger partial charge in [0.15, 0.2) is 0 Å². The predicted molar refractivity (Wildman–Crippen MR) is 135 cm³/mol. The van der Waals surface area contributed by atoms with Crippen molar-refractivity contribution < 1.29 is 42.1 Å². The van der Waals surface area contributed by atoms with Crippen LogP contribution in [0.15, 0.2) is 54.7 Å². The molecule has 4 rings (SSSR count). The van der Waals surface area contributed by atoms with Gasteiger partial charge in [0.1, 0.15) is 17.6 Å². The number of nitrogens with one attached hydrogen (secondary N) is 1. The van der Waals surface area contributed by atoms with Crippen LogP contribution in [0.4, 0.5) is 13.2 Å². The number of carboxylic acids is 1. The summed E-state index contributed by atoms with van der Waals surface area (Å²) in [7, 11) is 3.23. The van der Waals surface area contributed by atoms with Crippen LogP contribution in [0.1, 0.15) is 34.9 Å². The molecule has 0 spiro atoms. The second kappa shape index (κ2) is 13.7. The predicted octanol–water partition coefficient (Wildman–Crippen LogP) is 3.94. The molecule has 39 heavy (non-hydrogen) atoms. The van der Waals surface area contributed by atoms with Crippen molar-refractivity contribution in [2.45, 2.75) is 38.1 Å². The van der Waals surface area contributed by atoms with Gasteiger partial charge in [0.25, 0.3) is 0 Å². The summed E-state index contributed by atoms with van der Waals surface area (Å²) in [4.78, 5) is 21.4. The molecule has 2 aromatic carbocycles. The zero-order valence-electron chi connectivity index (χ0n) is 21.5. The number of hydrogen-bond acceptors (Lipinski definition) is 6. The zero-order chi connectivity index (χ0) is 28.4. The number of fused-ring (bicyclic) bond motifs is 1. The quantitative estimate of drug-likeness (QED) is 0.416. The average molecular weight is 550 g/mol. The van der Waals surface area contributed by atoms with E-state index >= 15 is 0 Å². The molecular formula is C27H30F3N3O6. The van der Waals surface area contributed by atoms with Crippen molar-refractivity contribution in [1.29, 1.82) is 0 Å². The van der Waals surface area contributed by atoms with Crippen LogP contribution in [0.5, 0.6) is 11.5 Å². The first-order valence-electron chi connectivity index (χ1n) is 12.1. The molecule has 9 nitrogen and oxygen atoms in total. The van der Waals surface area contributed by atoms with Crippen molar-refractivity contribution in [3.63, 3.8) is 0 Å². The van der Waals surface area contributed by atoms with Crippen molar-refractivity contribution in [1.82, 2.24) is 15.1 Å². The normalized spacial score (nSPS) is 14.4. The lowest BCUT2D eigenvalue weighted by molar-refractivity contribution is -0.192. The smallest absolute Gasteiger partial charge is 0.490 e. The lowest BCUT2D eigenvalue weighted by Gasteiger charge is -2.22. The molecule has 3 aromatic rings. The molecule has 0 fully saturated rings. The average Bonchev–Trinajstić information content (AvgIpc) is 3.34. The number of aromatic nitrogens is 2. The summed E-state index contributed by atoms with van der Waals surface area (Å²) in [5, 5.41) is 14.9. The molecule has 2 N–H and O–H groups in total. The highest BCUT2D eigenvalue weighted by molar-refractivity contribution is 5.76. The summed E-state index contributed by atoms with van der Waals surface area (Å²) in [5.41, 5.74) is 4.28. The standard InChI is InChI=1S/C25H29N3O4.C2HF3O2/c1-30-21-10-8-19(22(14-21)31-2)9-11-24(29)26-15-23-25-20(12-13-32-23)17-28(27-25)16-18-6-4-3-5-7-18;3-2(4,5)1(6)7/h3-8,10,14,17,23H,9,11-13,15-16H2,1-2H3,(H,26,29);(H,6,7). The molecule has 1 amide bonds. The first-order chi connectivity index (χ1) is 18.6. The Morgan fingerprint density at radius 2 is 1.87 bits per heavy atom. The van der Waals surface area contributed by atoms with Crippen LogP contribution >= 0.6 is 0 Å². The van der Waals surface area contributed by atoms with E-state index in [1.807, 2.05) is 41.1 Å². The van der Waals surface area contributed by atoms with Gasteiger partial charge in [0.05, 0.1) is 33.1 Å². The van der Waals surface area contributed by atoms with Gasteiger partial charge < -0.3 is 24.6 Å². The third-order valence-corrected chi connectivity index (χ3v) is 5.90. The van der Waals surface area contributed by atoms with Gasteiger partial charge in [-0.3, -0.25) is 9.48 Å². The number of aliphatic carboxylic acids is 1. The molecule has 210 valence electrons. The Kier molecular flexibility index (Phi) is 10.3. The zero-order valence-corrected chi connectivity index (χ0v) is 21.5. The van der Waals surface area contributed by atoms with Crippen LogP contribution in [0.25, 0.3) is 0 Å². The lowest BCUT2D eigenvalue weighted by Crippen LogP contribution is -2.32.